The minimum Gasteiger partial charge on any atom is -0.271 e. The molecule has 0 aromatic heterocycles. The van der Waals surface area contributed by atoms with Gasteiger partial charge in [-0.3, -0.25) is 11.3 Å². The fourth-order valence-corrected chi connectivity index (χ4v) is 2.09. The second-order valence-electron chi connectivity index (χ2n) is 4.58. The van der Waals surface area contributed by atoms with E-state index in [2.05, 4.69) is 5.43 Å². The van der Waals surface area contributed by atoms with Crippen molar-refractivity contribution in [1.29, 1.82) is 0 Å². The van der Waals surface area contributed by atoms with E-state index in [0.717, 1.165) is 11.1 Å². The van der Waals surface area contributed by atoms with E-state index in [-0.39, 0.29) is 17.7 Å². The van der Waals surface area contributed by atoms with Crippen molar-refractivity contribution in [2.75, 3.05) is 0 Å². The number of aryl methyl sites for hydroxylation is 1. The molecule has 0 saturated carbocycles. The predicted octanol–water partition coefficient (Wildman–Crippen LogP) is 3.02. The first-order valence-corrected chi connectivity index (χ1v) is 6.07. The van der Waals surface area contributed by atoms with Crippen molar-refractivity contribution < 1.29 is 8.78 Å². The molecule has 1 atom stereocenters. The Morgan fingerprint density at radius 1 is 1.16 bits per heavy atom. The Bertz CT molecular complexity index is 570. The van der Waals surface area contributed by atoms with Crippen LogP contribution in [-0.4, -0.2) is 0 Å². The van der Waals surface area contributed by atoms with E-state index >= 15 is 0 Å². The van der Waals surface area contributed by atoms with Gasteiger partial charge >= 0.3 is 0 Å². The number of rotatable bonds is 4. The fourth-order valence-electron chi connectivity index (χ4n) is 2.09. The van der Waals surface area contributed by atoms with E-state index in [1.165, 1.54) is 18.2 Å². The van der Waals surface area contributed by atoms with Crippen LogP contribution < -0.4 is 11.3 Å². The highest BCUT2D eigenvalue weighted by Crippen LogP contribution is 2.22. The van der Waals surface area contributed by atoms with Crippen molar-refractivity contribution in [2.45, 2.75) is 19.4 Å². The smallest absolute Gasteiger partial charge is 0.128 e. The van der Waals surface area contributed by atoms with Gasteiger partial charge < -0.3 is 0 Å². The molecule has 2 aromatic rings. The zero-order chi connectivity index (χ0) is 13.8. The molecule has 19 heavy (non-hydrogen) atoms. The summed E-state index contributed by atoms with van der Waals surface area (Å²) in [6.07, 6.45) is 0.425. The number of halogens is 2. The molecule has 0 aliphatic carbocycles. The molecule has 0 aliphatic heterocycles. The van der Waals surface area contributed by atoms with Gasteiger partial charge in [-0.15, -0.1) is 0 Å². The van der Waals surface area contributed by atoms with E-state index in [1.807, 2.05) is 6.92 Å². The molecule has 0 aliphatic rings. The van der Waals surface area contributed by atoms with Gasteiger partial charge in [0.2, 0.25) is 0 Å². The SMILES string of the molecule is Cc1ccc(F)c(C(Cc2cccc(F)c2)NN)c1. The Morgan fingerprint density at radius 3 is 2.63 bits per heavy atom. The highest BCUT2D eigenvalue weighted by atomic mass is 19.1. The number of hydrogen-bond acceptors (Lipinski definition) is 2. The van der Waals surface area contributed by atoms with Crippen LogP contribution in [0.15, 0.2) is 42.5 Å². The van der Waals surface area contributed by atoms with Gasteiger partial charge in [0, 0.05) is 5.56 Å². The zero-order valence-electron chi connectivity index (χ0n) is 10.7. The van der Waals surface area contributed by atoms with Crippen molar-refractivity contribution in [3.63, 3.8) is 0 Å². The van der Waals surface area contributed by atoms with Gasteiger partial charge in [-0.25, -0.2) is 8.78 Å². The molecule has 0 amide bonds. The summed E-state index contributed by atoms with van der Waals surface area (Å²) in [5, 5.41) is 0. The molecule has 0 fully saturated rings. The lowest BCUT2D eigenvalue weighted by Crippen LogP contribution is -2.30. The van der Waals surface area contributed by atoms with Gasteiger partial charge in [-0.2, -0.15) is 0 Å². The molecule has 2 aromatic carbocycles. The van der Waals surface area contributed by atoms with E-state index in [0.29, 0.717) is 12.0 Å². The summed E-state index contributed by atoms with van der Waals surface area (Å²) in [7, 11) is 0. The van der Waals surface area contributed by atoms with Crippen LogP contribution in [0.1, 0.15) is 22.7 Å². The van der Waals surface area contributed by atoms with Crippen LogP contribution in [0.2, 0.25) is 0 Å². The maximum atomic E-state index is 13.8. The molecule has 3 N–H and O–H groups in total. The van der Waals surface area contributed by atoms with E-state index in [1.54, 1.807) is 24.3 Å². The van der Waals surface area contributed by atoms with Crippen LogP contribution in [0.4, 0.5) is 8.78 Å². The number of nitrogens with one attached hydrogen (secondary N) is 1. The summed E-state index contributed by atoms with van der Waals surface area (Å²) in [6.45, 7) is 1.89. The summed E-state index contributed by atoms with van der Waals surface area (Å²) >= 11 is 0. The summed E-state index contributed by atoms with van der Waals surface area (Å²) in [6, 6.07) is 10.7. The highest BCUT2D eigenvalue weighted by Gasteiger charge is 2.15. The number of hydrogen-bond donors (Lipinski definition) is 2. The third kappa shape index (κ3) is 3.36. The molecule has 0 bridgehead atoms. The Morgan fingerprint density at radius 2 is 1.95 bits per heavy atom. The topological polar surface area (TPSA) is 38.0 Å². The van der Waals surface area contributed by atoms with E-state index < -0.39 is 0 Å². The molecule has 1 unspecified atom stereocenters. The Hall–Kier alpha value is -1.78. The van der Waals surface area contributed by atoms with Crippen molar-refractivity contribution in [2.24, 2.45) is 5.84 Å². The van der Waals surface area contributed by atoms with E-state index in [4.69, 9.17) is 5.84 Å². The minimum absolute atomic E-state index is 0.307. The summed E-state index contributed by atoms with van der Waals surface area (Å²) < 4.78 is 27.0. The molecule has 2 rings (SSSR count). The van der Waals surface area contributed by atoms with Crippen molar-refractivity contribution in [3.05, 3.63) is 70.8 Å². The maximum Gasteiger partial charge on any atom is 0.128 e. The average molecular weight is 262 g/mol. The summed E-state index contributed by atoms with van der Waals surface area (Å²) in [4.78, 5) is 0. The monoisotopic (exact) mass is 262 g/mol. The zero-order valence-corrected chi connectivity index (χ0v) is 10.7. The first-order valence-electron chi connectivity index (χ1n) is 6.07. The van der Waals surface area contributed by atoms with Crippen molar-refractivity contribution >= 4 is 0 Å². The highest BCUT2D eigenvalue weighted by molar-refractivity contribution is 5.29. The van der Waals surface area contributed by atoms with Crippen LogP contribution >= 0.6 is 0 Å². The third-order valence-electron chi connectivity index (χ3n) is 3.06. The average Bonchev–Trinajstić information content (AvgIpc) is 2.39. The van der Waals surface area contributed by atoms with Crippen LogP contribution in [0.25, 0.3) is 0 Å². The normalized spacial score (nSPS) is 12.4. The molecule has 100 valence electrons. The second kappa shape index (κ2) is 5.91. The largest absolute Gasteiger partial charge is 0.271 e. The lowest BCUT2D eigenvalue weighted by atomic mass is 9.97. The maximum absolute atomic E-state index is 13.8. The van der Waals surface area contributed by atoms with Gasteiger partial charge in [-0.05, 0) is 37.1 Å². The second-order valence-corrected chi connectivity index (χ2v) is 4.58. The van der Waals surface area contributed by atoms with Gasteiger partial charge in [-0.1, -0.05) is 29.8 Å². The summed E-state index contributed by atoms with van der Waals surface area (Å²) in [5.74, 6) is 4.88. The lowest BCUT2D eigenvalue weighted by molar-refractivity contribution is 0.509. The van der Waals surface area contributed by atoms with Gasteiger partial charge in [0.15, 0.2) is 0 Å². The van der Waals surface area contributed by atoms with Gasteiger partial charge in [0.05, 0.1) is 6.04 Å². The van der Waals surface area contributed by atoms with Crippen LogP contribution in [0.3, 0.4) is 0 Å². The Balaban J connectivity index is 2.27. The third-order valence-corrected chi connectivity index (χ3v) is 3.06. The molecule has 0 radical (unpaired) electrons. The molecule has 2 nitrogen and oxygen atoms in total. The lowest BCUT2D eigenvalue weighted by Gasteiger charge is -2.17. The fraction of sp³-hybridized carbons (Fsp3) is 0.200. The Kier molecular flexibility index (Phi) is 4.24. The Labute approximate surface area is 111 Å². The molecular formula is C15H16F2N2. The first kappa shape index (κ1) is 13.6. The van der Waals surface area contributed by atoms with Gasteiger partial charge in [0.1, 0.15) is 11.6 Å². The molecule has 0 spiro atoms. The number of hydrazine groups is 1. The number of benzene rings is 2. The molecule has 0 heterocycles. The van der Waals surface area contributed by atoms with Crippen LogP contribution in [0, 0.1) is 18.6 Å². The predicted molar refractivity (Wildman–Crippen MR) is 71.3 cm³/mol. The van der Waals surface area contributed by atoms with Crippen molar-refractivity contribution in [3.8, 4) is 0 Å². The summed E-state index contributed by atoms with van der Waals surface area (Å²) in [5.41, 5.74) is 4.81. The molecule has 4 heteroatoms. The minimum atomic E-state index is -0.387. The molecular weight excluding hydrogens is 246 g/mol. The molecule has 0 saturated heterocycles. The van der Waals surface area contributed by atoms with Crippen LogP contribution in [0.5, 0.6) is 0 Å². The van der Waals surface area contributed by atoms with Crippen molar-refractivity contribution in [1.82, 2.24) is 5.43 Å². The number of nitrogens with two attached hydrogens (primary N) is 1. The standard InChI is InChI=1S/C15H16F2N2/c1-10-5-6-14(17)13(7-10)15(19-18)9-11-3-2-4-12(16)8-11/h2-8,15,19H,9,18H2,1H3. The first-order chi connectivity index (χ1) is 9.10. The van der Waals surface area contributed by atoms with Gasteiger partial charge in [0.25, 0.3) is 0 Å². The van der Waals surface area contributed by atoms with Crippen LogP contribution in [-0.2, 0) is 6.42 Å². The van der Waals surface area contributed by atoms with E-state index in [9.17, 15) is 8.78 Å². The quantitative estimate of drug-likeness (QED) is 0.656.